The van der Waals surface area contributed by atoms with Crippen LogP contribution in [0.3, 0.4) is 0 Å². The molecular formula is C7H11N3O4. The van der Waals surface area contributed by atoms with Gasteiger partial charge in [0.1, 0.15) is 18.3 Å². The molecule has 2 heterocycles. The van der Waals surface area contributed by atoms with Crippen molar-refractivity contribution in [2.45, 2.75) is 24.5 Å². The minimum Gasteiger partial charge on any atom is -0.394 e. The van der Waals surface area contributed by atoms with Gasteiger partial charge >= 0.3 is 0 Å². The second-order valence-electron chi connectivity index (χ2n) is 3.11. The standard InChI is InChI=1S/C7H11N3O4/c11-3-4-5(12)6(13)7(14-4)10-2-1-8-9-10/h1-2,4-7,11-13H,3H2/t4-,5?,6+,7-/m1/s1. The highest BCUT2D eigenvalue weighted by atomic mass is 16.6. The van der Waals surface area contributed by atoms with E-state index in [1.807, 2.05) is 0 Å². The van der Waals surface area contributed by atoms with Crippen LogP contribution in [0.2, 0.25) is 0 Å². The molecule has 4 atom stereocenters. The van der Waals surface area contributed by atoms with Crippen molar-refractivity contribution in [1.29, 1.82) is 0 Å². The first-order valence-electron chi connectivity index (χ1n) is 4.22. The van der Waals surface area contributed by atoms with Crippen LogP contribution in [-0.4, -0.2) is 55.2 Å². The van der Waals surface area contributed by atoms with Crippen LogP contribution in [0.4, 0.5) is 0 Å². The van der Waals surface area contributed by atoms with Crippen molar-refractivity contribution in [3.05, 3.63) is 12.4 Å². The monoisotopic (exact) mass is 201 g/mol. The van der Waals surface area contributed by atoms with Crippen molar-refractivity contribution in [2.24, 2.45) is 0 Å². The van der Waals surface area contributed by atoms with Gasteiger partial charge in [0.15, 0.2) is 6.23 Å². The number of hydrogen-bond donors (Lipinski definition) is 3. The van der Waals surface area contributed by atoms with Crippen molar-refractivity contribution in [3.8, 4) is 0 Å². The molecule has 0 saturated carbocycles. The molecule has 14 heavy (non-hydrogen) atoms. The van der Waals surface area contributed by atoms with Crippen molar-refractivity contribution < 1.29 is 20.1 Å². The van der Waals surface area contributed by atoms with Crippen molar-refractivity contribution in [3.63, 3.8) is 0 Å². The van der Waals surface area contributed by atoms with Crippen molar-refractivity contribution >= 4 is 0 Å². The quantitative estimate of drug-likeness (QED) is 0.506. The average molecular weight is 201 g/mol. The molecule has 0 radical (unpaired) electrons. The topological polar surface area (TPSA) is 101 Å². The Morgan fingerprint density at radius 3 is 2.64 bits per heavy atom. The summed E-state index contributed by atoms with van der Waals surface area (Å²) in [7, 11) is 0. The molecule has 1 aromatic rings. The fourth-order valence-electron chi connectivity index (χ4n) is 1.45. The van der Waals surface area contributed by atoms with Gasteiger partial charge in [-0.05, 0) is 0 Å². The first-order valence-corrected chi connectivity index (χ1v) is 4.22. The van der Waals surface area contributed by atoms with Crippen LogP contribution < -0.4 is 0 Å². The Kier molecular flexibility index (Phi) is 2.46. The zero-order valence-electron chi connectivity index (χ0n) is 7.26. The third kappa shape index (κ3) is 1.40. The van der Waals surface area contributed by atoms with E-state index >= 15 is 0 Å². The van der Waals surface area contributed by atoms with Gasteiger partial charge in [0.2, 0.25) is 0 Å². The summed E-state index contributed by atoms with van der Waals surface area (Å²) in [6.45, 7) is -0.344. The summed E-state index contributed by atoms with van der Waals surface area (Å²) in [5.41, 5.74) is 0. The molecule has 1 aliphatic heterocycles. The number of aliphatic hydroxyl groups is 3. The lowest BCUT2D eigenvalue weighted by Crippen LogP contribution is -2.33. The van der Waals surface area contributed by atoms with E-state index in [2.05, 4.69) is 10.3 Å². The maximum atomic E-state index is 9.56. The Morgan fingerprint density at radius 1 is 1.36 bits per heavy atom. The Labute approximate surface area is 79.5 Å². The number of aromatic nitrogens is 3. The average Bonchev–Trinajstić information content (AvgIpc) is 2.78. The molecule has 7 nitrogen and oxygen atoms in total. The normalized spacial score (nSPS) is 37.6. The molecule has 1 aliphatic rings. The second kappa shape index (κ2) is 3.62. The fourth-order valence-corrected chi connectivity index (χ4v) is 1.45. The van der Waals surface area contributed by atoms with Gasteiger partial charge in [-0.25, -0.2) is 4.68 Å². The van der Waals surface area contributed by atoms with Gasteiger partial charge in [-0.1, -0.05) is 5.21 Å². The van der Waals surface area contributed by atoms with E-state index in [1.165, 1.54) is 17.1 Å². The Morgan fingerprint density at radius 2 is 2.14 bits per heavy atom. The third-order valence-corrected chi connectivity index (χ3v) is 2.22. The van der Waals surface area contributed by atoms with E-state index in [0.29, 0.717) is 0 Å². The van der Waals surface area contributed by atoms with Crippen LogP contribution in [-0.2, 0) is 4.74 Å². The van der Waals surface area contributed by atoms with E-state index in [0.717, 1.165) is 0 Å². The van der Waals surface area contributed by atoms with Crippen molar-refractivity contribution in [1.82, 2.24) is 15.0 Å². The third-order valence-electron chi connectivity index (χ3n) is 2.22. The minimum atomic E-state index is -1.10. The molecule has 1 unspecified atom stereocenters. The molecule has 1 fully saturated rings. The van der Waals surface area contributed by atoms with Crippen LogP contribution in [0.15, 0.2) is 12.4 Å². The van der Waals surface area contributed by atoms with E-state index < -0.39 is 24.5 Å². The highest BCUT2D eigenvalue weighted by Gasteiger charge is 2.43. The zero-order valence-corrected chi connectivity index (χ0v) is 7.26. The summed E-state index contributed by atoms with van der Waals surface area (Å²) in [5.74, 6) is 0. The lowest BCUT2D eigenvalue weighted by atomic mass is 10.1. The number of aliphatic hydroxyl groups excluding tert-OH is 3. The maximum Gasteiger partial charge on any atom is 0.180 e. The summed E-state index contributed by atoms with van der Waals surface area (Å²) in [5, 5.41) is 35.0. The molecule has 0 aliphatic carbocycles. The SMILES string of the molecule is OC[C@H]1O[C@@H](n2ccnn2)[C@@H](O)C1O. The number of hydrogen-bond acceptors (Lipinski definition) is 6. The van der Waals surface area contributed by atoms with Gasteiger partial charge in [-0.15, -0.1) is 5.10 Å². The molecule has 78 valence electrons. The number of rotatable bonds is 2. The largest absolute Gasteiger partial charge is 0.394 e. The molecule has 1 saturated heterocycles. The van der Waals surface area contributed by atoms with Gasteiger partial charge in [0.05, 0.1) is 12.8 Å². The predicted molar refractivity (Wildman–Crippen MR) is 43.0 cm³/mol. The smallest absolute Gasteiger partial charge is 0.180 e. The summed E-state index contributed by atoms with van der Waals surface area (Å²) in [6, 6.07) is 0. The minimum absolute atomic E-state index is 0.344. The molecule has 0 spiro atoms. The lowest BCUT2D eigenvalue weighted by Gasteiger charge is -2.13. The molecular weight excluding hydrogens is 190 g/mol. The van der Waals surface area contributed by atoms with E-state index in [4.69, 9.17) is 9.84 Å². The van der Waals surface area contributed by atoms with Crippen LogP contribution in [0.1, 0.15) is 6.23 Å². The highest BCUT2D eigenvalue weighted by Crippen LogP contribution is 2.27. The summed E-state index contributed by atoms with van der Waals surface area (Å²) in [4.78, 5) is 0. The first kappa shape index (κ1) is 9.53. The Balaban J connectivity index is 2.16. The highest BCUT2D eigenvalue weighted by molar-refractivity contribution is 4.88. The van der Waals surface area contributed by atoms with Gasteiger partial charge in [-0.2, -0.15) is 0 Å². The predicted octanol–water partition coefficient (Wildman–Crippen LogP) is -2.11. The van der Waals surface area contributed by atoms with Crippen LogP contribution in [0.25, 0.3) is 0 Å². The van der Waals surface area contributed by atoms with Gasteiger partial charge in [-0.3, -0.25) is 0 Å². The van der Waals surface area contributed by atoms with Gasteiger partial charge < -0.3 is 20.1 Å². The molecule has 0 bridgehead atoms. The van der Waals surface area contributed by atoms with Crippen LogP contribution >= 0.6 is 0 Å². The van der Waals surface area contributed by atoms with Crippen molar-refractivity contribution in [2.75, 3.05) is 6.61 Å². The molecule has 3 N–H and O–H groups in total. The van der Waals surface area contributed by atoms with Gasteiger partial charge in [0, 0.05) is 6.20 Å². The number of nitrogens with zero attached hydrogens (tertiary/aromatic N) is 3. The fraction of sp³-hybridized carbons (Fsp3) is 0.714. The van der Waals surface area contributed by atoms with Crippen LogP contribution in [0.5, 0.6) is 0 Å². The Hall–Kier alpha value is -1.02. The molecule has 2 rings (SSSR count). The molecule has 0 amide bonds. The van der Waals surface area contributed by atoms with E-state index in [-0.39, 0.29) is 6.61 Å². The maximum absolute atomic E-state index is 9.56. The van der Waals surface area contributed by atoms with E-state index in [1.54, 1.807) is 0 Å². The first-order chi connectivity index (χ1) is 6.74. The molecule has 7 heteroatoms. The summed E-state index contributed by atoms with van der Waals surface area (Å²) >= 11 is 0. The lowest BCUT2D eigenvalue weighted by molar-refractivity contribution is -0.0594. The number of ether oxygens (including phenoxy) is 1. The summed E-state index contributed by atoms with van der Waals surface area (Å²) < 4.78 is 6.49. The molecule has 0 aromatic carbocycles. The molecule has 1 aromatic heterocycles. The van der Waals surface area contributed by atoms with Crippen LogP contribution in [0, 0.1) is 0 Å². The Bertz CT molecular complexity index is 291. The second-order valence-corrected chi connectivity index (χ2v) is 3.11. The zero-order chi connectivity index (χ0) is 10.1. The summed E-state index contributed by atoms with van der Waals surface area (Å²) in [6.07, 6.45) is -0.818. The van der Waals surface area contributed by atoms with E-state index in [9.17, 15) is 10.2 Å². The van der Waals surface area contributed by atoms with Gasteiger partial charge in [0.25, 0.3) is 0 Å².